The zero-order chi connectivity index (χ0) is 12.5. The molecule has 0 aliphatic carbocycles. The topological polar surface area (TPSA) is 90.1 Å². The van der Waals surface area contributed by atoms with Crippen LogP contribution in [0.3, 0.4) is 0 Å². The average Bonchev–Trinajstić information content (AvgIpc) is 2.82. The normalized spacial score (nSPS) is 19.3. The van der Waals surface area contributed by atoms with Crippen molar-refractivity contribution in [1.82, 2.24) is 25.7 Å². The molecule has 0 unspecified atom stereocenters. The zero-order valence-electron chi connectivity index (χ0n) is 9.95. The van der Waals surface area contributed by atoms with Gasteiger partial charge in [-0.15, -0.1) is 0 Å². The molecule has 3 heterocycles. The van der Waals surface area contributed by atoms with Crippen LogP contribution in [-0.2, 0) is 17.8 Å². The summed E-state index contributed by atoms with van der Waals surface area (Å²) in [6.45, 7) is 2.73. The number of rotatable bonds is 1. The number of aromatic nitrogens is 2. The molecule has 1 saturated heterocycles. The number of H-pyrrole nitrogens is 1. The first kappa shape index (κ1) is 11.2. The second-order valence-corrected chi connectivity index (χ2v) is 4.53. The van der Waals surface area contributed by atoms with E-state index in [1.54, 1.807) is 4.90 Å². The van der Waals surface area contributed by atoms with E-state index in [0.717, 1.165) is 24.2 Å². The average molecular weight is 249 g/mol. The molecule has 0 atom stereocenters. The van der Waals surface area contributed by atoms with Gasteiger partial charge in [-0.3, -0.25) is 14.7 Å². The van der Waals surface area contributed by atoms with Crippen molar-refractivity contribution in [2.75, 3.05) is 26.2 Å². The number of nitrogens with zero attached hydrogens (tertiary/aromatic N) is 2. The van der Waals surface area contributed by atoms with E-state index in [9.17, 15) is 9.59 Å². The third-order valence-electron chi connectivity index (χ3n) is 3.33. The Hall–Kier alpha value is -1.89. The van der Waals surface area contributed by atoms with Crippen LogP contribution in [0.25, 0.3) is 0 Å². The van der Waals surface area contributed by atoms with E-state index in [2.05, 4.69) is 20.8 Å². The molecule has 2 aliphatic heterocycles. The van der Waals surface area contributed by atoms with Crippen LogP contribution in [0.1, 0.15) is 21.7 Å². The maximum absolute atomic E-state index is 12.3. The Morgan fingerprint density at radius 1 is 1.33 bits per heavy atom. The van der Waals surface area contributed by atoms with E-state index in [0.29, 0.717) is 25.3 Å². The van der Waals surface area contributed by atoms with Crippen molar-refractivity contribution in [3.8, 4) is 0 Å². The minimum absolute atomic E-state index is 0.114. The van der Waals surface area contributed by atoms with Gasteiger partial charge in [0.2, 0.25) is 5.91 Å². The summed E-state index contributed by atoms with van der Waals surface area (Å²) < 4.78 is 0. The molecule has 0 spiro atoms. The number of hydrogen-bond acceptors (Lipinski definition) is 4. The molecule has 18 heavy (non-hydrogen) atoms. The molecule has 3 N–H and O–H groups in total. The number of piperazine rings is 1. The summed E-state index contributed by atoms with van der Waals surface area (Å²) in [4.78, 5) is 25.2. The van der Waals surface area contributed by atoms with Crippen LogP contribution in [0, 0.1) is 0 Å². The second-order valence-electron chi connectivity index (χ2n) is 4.53. The number of carbonyl (C=O) groups is 2. The Morgan fingerprint density at radius 3 is 3.06 bits per heavy atom. The van der Waals surface area contributed by atoms with E-state index in [4.69, 9.17) is 0 Å². The highest BCUT2D eigenvalue weighted by molar-refractivity contribution is 5.96. The second kappa shape index (κ2) is 4.41. The quantitative estimate of drug-likeness (QED) is 0.572. The van der Waals surface area contributed by atoms with E-state index >= 15 is 0 Å². The van der Waals surface area contributed by atoms with Crippen LogP contribution >= 0.6 is 0 Å². The van der Waals surface area contributed by atoms with Gasteiger partial charge in [-0.05, 0) is 0 Å². The Kier molecular flexibility index (Phi) is 2.75. The van der Waals surface area contributed by atoms with Crippen molar-refractivity contribution in [3.63, 3.8) is 0 Å². The molecule has 0 saturated carbocycles. The third-order valence-corrected chi connectivity index (χ3v) is 3.33. The molecule has 0 radical (unpaired) electrons. The predicted octanol–water partition coefficient (Wildman–Crippen LogP) is -1.37. The predicted molar refractivity (Wildman–Crippen MR) is 62.9 cm³/mol. The van der Waals surface area contributed by atoms with Gasteiger partial charge in [-0.1, -0.05) is 0 Å². The first-order chi connectivity index (χ1) is 8.75. The van der Waals surface area contributed by atoms with E-state index in [1.807, 2.05) is 0 Å². The Balaban J connectivity index is 1.83. The van der Waals surface area contributed by atoms with Crippen LogP contribution < -0.4 is 10.6 Å². The molecule has 2 amide bonds. The largest absolute Gasteiger partial charge is 0.353 e. The molecule has 3 rings (SSSR count). The molecule has 1 fully saturated rings. The van der Waals surface area contributed by atoms with Gasteiger partial charge in [0.1, 0.15) is 0 Å². The minimum Gasteiger partial charge on any atom is -0.353 e. The summed E-state index contributed by atoms with van der Waals surface area (Å²) in [7, 11) is 0. The van der Waals surface area contributed by atoms with E-state index in [-0.39, 0.29) is 18.4 Å². The van der Waals surface area contributed by atoms with Crippen LogP contribution in [0.5, 0.6) is 0 Å². The van der Waals surface area contributed by atoms with Crippen molar-refractivity contribution >= 4 is 11.8 Å². The van der Waals surface area contributed by atoms with Gasteiger partial charge in [0.05, 0.1) is 6.54 Å². The van der Waals surface area contributed by atoms with Crippen LogP contribution in [-0.4, -0.2) is 53.1 Å². The van der Waals surface area contributed by atoms with Crippen molar-refractivity contribution in [2.45, 2.75) is 13.0 Å². The maximum atomic E-state index is 12.3. The van der Waals surface area contributed by atoms with E-state index in [1.165, 1.54) is 0 Å². The third kappa shape index (κ3) is 1.86. The first-order valence-corrected chi connectivity index (χ1v) is 6.08. The highest BCUT2D eigenvalue weighted by Crippen LogP contribution is 2.17. The fourth-order valence-electron chi connectivity index (χ4n) is 2.36. The number of aromatic amines is 1. The summed E-state index contributed by atoms with van der Waals surface area (Å²) >= 11 is 0. The van der Waals surface area contributed by atoms with Crippen molar-refractivity contribution < 1.29 is 9.59 Å². The molecule has 0 aromatic carbocycles. The van der Waals surface area contributed by atoms with Crippen molar-refractivity contribution in [2.24, 2.45) is 0 Å². The van der Waals surface area contributed by atoms with Crippen molar-refractivity contribution in [3.05, 3.63) is 17.0 Å². The lowest BCUT2D eigenvalue weighted by atomic mass is 10.1. The van der Waals surface area contributed by atoms with Gasteiger partial charge in [0.15, 0.2) is 5.69 Å². The monoisotopic (exact) mass is 249 g/mol. The number of fused-ring (bicyclic) bond motifs is 1. The molecule has 1 aromatic heterocycles. The lowest BCUT2D eigenvalue weighted by Gasteiger charge is -2.26. The number of carbonyl (C=O) groups excluding carboxylic acids is 2. The van der Waals surface area contributed by atoms with Gasteiger partial charge in [-0.2, -0.15) is 5.10 Å². The van der Waals surface area contributed by atoms with Crippen LogP contribution in [0.4, 0.5) is 0 Å². The highest BCUT2D eigenvalue weighted by atomic mass is 16.2. The lowest BCUT2D eigenvalue weighted by molar-refractivity contribution is -0.123. The molecule has 1 aromatic rings. The minimum atomic E-state index is -0.161. The summed E-state index contributed by atoms with van der Waals surface area (Å²) in [6.07, 6.45) is 0.857. The molecule has 96 valence electrons. The van der Waals surface area contributed by atoms with Gasteiger partial charge < -0.3 is 15.5 Å². The van der Waals surface area contributed by atoms with Gasteiger partial charge in [0.25, 0.3) is 5.91 Å². The highest BCUT2D eigenvalue weighted by Gasteiger charge is 2.28. The number of amides is 2. The van der Waals surface area contributed by atoms with Gasteiger partial charge >= 0.3 is 0 Å². The van der Waals surface area contributed by atoms with Crippen molar-refractivity contribution in [1.29, 1.82) is 0 Å². The van der Waals surface area contributed by atoms with E-state index < -0.39 is 0 Å². The van der Waals surface area contributed by atoms with Crippen LogP contribution in [0.15, 0.2) is 0 Å². The summed E-state index contributed by atoms with van der Waals surface area (Å²) in [5.74, 6) is -0.275. The summed E-state index contributed by atoms with van der Waals surface area (Å²) in [5.41, 5.74) is 2.42. The Morgan fingerprint density at radius 2 is 2.22 bits per heavy atom. The number of nitrogens with one attached hydrogen (secondary N) is 3. The fourth-order valence-corrected chi connectivity index (χ4v) is 2.36. The van der Waals surface area contributed by atoms with Gasteiger partial charge in [-0.25, -0.2) is 0 Å². The molecular formula is C11H15N5O2. The molecule has 7 heteroatoms. The Bertz CT molecular complexity index is 496. The Labute approximate surface area is 104 Å². The first-order valence-electron chi connectivity index (χ1n) is 6.08. The SMILES string of the molecule is O=C1CN(C(=O)c2n[nH]c3c2CNCC3)CCN1. The molecular weight excluding hydrogens is 234 g/mol. The fraction of sp³-hybridized carbons (Fsp3) is 0.545. The summed E-state index contributed by atoms with van der Waals surface area (Å²) in [5, 5.41) is 13.0. The van der Waals surface area contributed by atoms with Gasteiger partial charge in [0, 0.05) is 43.9 Å². The smallest absolute Gasteiger partial charge is 0.275 e. The molecule has 2 aliphatic rings. The molecule has 7 nitrogen and oxygen atoms in total. The zero-order valence-corrected chi connectivity index (χ0v) is 9.95. The standard InChI is InChI=1S/C11H15N5O2/c17-9-6-16(4-3-13-9)11(18)10-7-5-12-2-1-8(7)14-15-10/h12H,1-6H2,(H,13,17)(H,14,15). The maximum Gasteiger partial charge on any atom is 0.275 e. The number of hydrogen-bond donors (Lipinski definition) is 3. The summed E-state index contributed by atoms with van der Waals surface area (Å²) in [6, 6.07) is 0. The van der Waals surface area contributed by atoms with Crippen LogP contribution in [0.2, 0.25) is 0 Å². The molecule has 0 bridgehead atoms. The lowest BCUT2D eigenvalue weighted by Crippen LogP contribution is -2.50.